The van der Waals surface area contributed by atoms with Crippen LogP contribution >= 0.6 is 0 Å². The minimum absolute atomic E-state index is 0.149. The molecule has 28 heavy (non-hydrogen) atoms. The molecule has 3 aliphatic carbocycles. The number of hydrogen-bond donors (Lipinski definition) is 0. The van der Waals surface area contributed by atoms with Crippen LogP contribution in [0.5, 0.6) is 11.5 Å². The smallest absolute Gasteiger partial charge is 0.128 e. The van der Waals surface area contributed by atoms with Crippen molar-refractivity contribution in [3.63, 3.8) is 0 Å². The second kappa shape index (κ2) is 6.65. The van der Waals surface area contributed by atoms with Crippen molar-refractivity contribution in [1.29, 1.82) is 0 Å². The number of hydrogen-bond acceptors (Lipinski definition) is 3. The zero-order valence-electron chi connectivity index (χ0n) is 18.9. The molecule has 0 heterocycles. The first kappa shape index (κ1) is 20.1. The standard InChI is InChI=1S/C25H38O3/c1-23(2)10-8-11-24(3)19(23)9-12-25(4)20(24)14-17-18(27-6)13-16(15-26-5)22(28-7)21(17)25/h13,19-20H,8-12,14-15H2,1-7H3/t19-,20+,24-,25-/m0/s1. The van der Waals surface area contributed by atoms with Gasteiger partial charge in [-0.2, -0.15) is 0 Å². The van der Waals surface area contributed by atoms with E-state index in [1.54, 1.807) is 14.2 Å². The van der Waals surface area contributed by atoms with Crippen molar-refractivity contribution >= 4 is 0 Å². The molecule has 2 fully saturated rings. The van der Waals surface area contributed by atoms with E-state index in [-0.39, 0.29) is 5.41 Å². The molecule has 0 amide bonds. The lowest BCUT2D eigenvalue weighted by molar-refractivity contribution is -0.0985. The van der Waals surface area contributed by atoms with Crippen LogP contribution in [0.4, 0.5) is 0 Å². The second-order valence-corrected chi connectivity index (χ2v) is 10.7. The lowest BCUT2D eigenvalue weighted by Crippen LogP contribution is -2.55. The predicted molar refractivity (Wildman–Crippen MR) is 113 cm³/mol. The summed E-state index contributed by atoms with van der Waals surface area (Å²) in [5, 5.41) is 0. The van der Waals surface area contributed by atoms with Gasteiger partial charge in [-0.1, -0.05) is 34.1 Å². The summed E-state index contributed by atoms with van der Waals surface area (Å²) in [5.41, 5.74) is 4.88. The van der Waals surface area contributed by atoms with Gasteiger partial charge in [0.2, 0.25) is 0 Å². The molecule has 3 aliphatic rings. The van der Waals surface area contributed by atoms with Crippen LogP contribution in [0.15, 0.2) is 6.07 Å². The zero-order valence-corrected chi connectivity index (χ0v) is 18.9. The highest BCUT2D eigenvalue weighted by molar-refractivity contribution is 5.60. The summed E-state index contributed by atoms with van der Waals surface area (Å²) in [5.74, 6) is 3.51. The van der Waals surface area contributed by atoms with Crippen molar-refractivity contribution in [3.8, 4) is 11.5 Å². The average Bonchev–Trinajstić information content (AvgIpc) is 2.95. The molecule has 0 aromatic heterocycles. The van der Waals surface area contributed by atoms with Crippen molar-refractivity contribution in [3.05, 3.63) is 22.8 Å². The van der Waals surface area contributed by atoms with Gasteiger partial charge in [-0.05, 0) is 60.8 Å². The van der Waals surface area contributed by atoms with E-state index in [4.69, 9.17) is 14.2 Å². The Balaban J connectivity index is 1.88. The van der Waals surface area contributed by atoms with Crippen molar-refractivity contribution < 1.29 is 14.2 Å². The summed E-state index contributed by atoms with van der Waals surface area (Å²) < 4.78 is 17.4. The molecule has 0 unspecified atom stereocenters. The number of fused-ring (bicyclic) bond motifs is 5. The SMILES string of the molecule is COCc1cc(OC)c2c(c1OC)[C@@]1(C)CC[C@H]3C(C)(C)CCC[C@]3(C)[C@H]1C2. The predicted octanol–water partition coefficient (Wildman–Crippen LogP) is 5.91. The van der Waals surface area contributed by atoms with E-state index in [0.29, 0.717) is 23.4 Å². The lowest BCUT2D eigenvalue weighted by Gasteiger charge is -2.61. The number of methoxy groups -OCH3 is 3. The molecule has 0 bridgehead atoms. The van der Waals surface area contributed by atoms with Crippen LogP contribution in [0.25, 0.3) is 0 Å². The fourth-order valence-electron chi connectivity index (χ4n) is 7.83. The number of ether oxygens (including phenoxy) is 3. The van der Waals surface area contributed by atoms with E-state index < -0.39 is 0 Å². The summed E-state index contributed by atoms with van der Waals surface area (Å²) in [6.45, 7) is 10.7. The van der Waals surface area contributed by atoms with Crippen molar-refractivity contribution in [2.75, 3.05) is 21.3 Å². The molecule has 156 valence electrons. The fourth-order valence-corrected chi connectivity index (χ4v) is 7.83. The van der Waals surface area contributed by atoms with Gasteiger partial charge < -0.3 is 14.2 Å². The van der Waals surface area contributed by atoms with Gasteiger partial charge in [-0.15, -0.1) is 0 Å². The molecule has 4 atom stereocenters. The molecule has 3 heteroatoms. The van der Waals surface area contributed by atoms with E-state index in [0.717, 1.165) is 29.4 Å². The molecule has 1 aromatic carbocycles. The topological polar surface area (TPSA) is 27.7 Å². The fraction of sp³-hybridized carbons (Fsp3) is 0.760. The van der Waals surface area contributed by atoms with E-state index in [1.165, 1.54) is 43.2 Å². The van der Waals surface area contributed by atoms with Crippen LogP contribution < -0.4 is 9.47 Å². The van der Waals surface area contributed by atoms with Crippen LogP contribution in [0.3, 0.4) is 0 Å². The molecule has 0 aliphatic heterocycles. The van der Waals surface area contributed by atoms with Gasteiger partial charge in [0.15, 0.2) is 0 Å². The Morgan fingerprint density at radius 1 is 0.964 bits per heavy atom. The van der Waals surface area contributed by atoms with Gasteiger partial charge in [0.25, 0.3) is 0 Å². The maximum atomic E-state index is 6.03. The Labute approximate surface area is 171 Å². The highest BCUT2D eigenvalue weighted by Gasteiger charge is 2.62. The molecular formula is C25H38O3. The zero-order chi connectivity index (χ0) is 20.3. The molecule has 2 saturated carbocycles. The van der Waals surface area contributed by atoms with Crippen LogP contribution in [-0.4, -0.2) is 21.3 Å². The molecular weight excluding hydrogens is 348 g/mol. The molecule has 0 radical (unpaired) electrons. The van der Waals surface area contributed by atoms with Crippen molar-refractivity contribution in [2.24, 2.45) is 22.7 Å². The highest BCUT2D eigenvalue weighted by atomic mass is 16.5. The van der Waals surface area contributed by atoms with Gasteiger partial charge in [-0.25, -0.2) is 0 Å². The van der Waals surface area contributed by atoms with E-state index in [2.05, 4.69) is 33.8 Å². The Morgan fingerprint density at radius 2 is 1.71 bits per heavy atom. The lowest BCUT2D eigenvalue weighted by atomic mass is 9.43. The van der Waals surface area contributed by atoms with E-state index >= 15 is 0 Å². The quantitative estimate of drug-likeness (QED) is 0.644. The molecule has 0 spiro atoms. The summed E-state index contributed by atoms with van der Waals surface area (Å²) in [6.07, 6.45) is 7.74. The molecule has 0 N–H and O–H groups in total. The third kappa shape index (κ3) is 2.57. The summed E-state index contributed by atoms with van der Waals surface area (Å²) in [7, 11) is 5.37. The van der Waals surface area contributed by atoms with Crippen molar-refractivity contribution in [1.82, 2.24) is 0 Å². The molecule has 1 aromatic rings. The average molecular weight is 387 g/mol. The van der Waals surface area contributed by atoms with Crippen LogP contribution in [0.2, 0.25) is 0 Å². The minimum Gasteiger partial charge on any atom is -0.496 e. The minimum atomic E-state index is 0.149. The van der Waals surface area contributed by atoms with E-state index in [9.17, 15) is 0 Å². The summed E-state index contributed by atoms with van der Waals surface area (Å²) in [4.78, 5) is 0. The van der Waals surface area contributed by atoms with Crippen LogP contribution in [0, 0.1) is 22.7 Å². The highest BCUT2D eigenvalue weighted by Crippen LogP contribution is 2.69. The Kier molecular flexibility index (Phi) is 4.77. The number of benzene rings is 1. The Morgan fingerprint density at radius 3 is 2.36 bits per heavy atom. The first-order valence-electron chi connectivity index (χ1n) is 11.0. The van der Waals surface area contributed by atoms with Gasteiger partial charge in [-0.3, -0.25) is 0 Å². The Hall–Kier alpha value is -1.22. The normalized spacial score (nSPS) is 35.7. The van der Waals surface area contributed by atoms with Crippen LogP contribution in [-0.2, 0) is 23.2 Å². The van der Waals surface area contributed by atoms with Gasteiger partial charge in [0, 0.05) is 29.2 Å². The first-order valence-corrected chi connectivity index (χ1v) is 11.0. The first-order chi connectivity index (χ1) is 13.2. The van der Waals surface area contributed by atoms with Crippen molar-refractivity contribution in [2.45, 2.75) is 78.2 Å². The third-order valence-electron chi connectivity index (χ3n) is 8.92. The number of rotatable bonds is 4. The van der Waals surface area contributed by atoms with Crippen LogP contribution in [0.1, 0.15) is 76.5 Å². The van der Waals surface area contributed by atoms with E-state index in [1.807, 2.05) is 7.11 Å². The third-order valence-corrected chi connectivity index (χ3v) is 8.92. The molecule has 0 saturated heterocycles. The largest absolute Gasteiger partial charge is 0.496 e. The summed E-state index contributed by atoms with van der Waals surface area (Å²) in [6, 6.07) is 2.15. The van der Waals surface area contributed by atoms with Gasteiger partial charge in [0.1, 0.15) is 11.5 Å². The Bertz CT molecular complexity index is 768. The van der Waals surface area contributed by atoms with Gasteiger partial charge in [0.05, 0.1) is 20.8 Å². The molecule has 4 rings (SSSR count). The maximum Gasteiger partial charge on any atom is 0.128 e. The molecule has 3 nitrogen and oxygen atoms in total. The monoisotopic (exact) mass is 386 g/mol. The second-order valence-electron chi connectivity index (χ2n) is 10.7. The maximum absolute atomic E-state index is 6.03. The summed E-state index contributed by atoms with van der Waals surface area (Å²) >= 11 is 0. The van der Waals surface area contributed by atoms with Gasteiger partial charge >= 0.3 is 0 Å².